The van der Waals surface area contributed by atoms with Crippen molar-refractivity contribution in [2.75, 3.05) is 6.54 Å². The van der Waals surface area contributed by atoms with Crippen LogP contribution in [0.3, 0.4) is 0 Å². The number of aromatic nitrogens is 1. The molecular weight excluding hydrogens is 272 g/mol. The topological polar surface area (TPSA) is 38.1 Å². The lowest BCUT2D eigenvalue weighted by atomic mass is 10.1. The number of nitrogens with zero attached hydrogens (tertiary/aromatic N) is 1. The summed E-state index contributed by atoms with van der Waals surface area (Å²) in [6.45, 7) is 2.88. The lowest BCUT2D eigenvalue weighted by molar-refractivity contribution is 0.477. The molecule has 0 bridgehead atoms. The van der Waals surface area contributed by atoms with E-state index < -0.39 is 0 Å². The number of benzene rings is 1. The fourth-order valence-electron chi connectivity index (χ4n) is 2.33. The fourth-order valence-corrected chi connectivity index (χ4v) is 2.56. The molecular formula is C16H15ClN2O. The number of rotatable bonds is 4. The molecule has 0 saturated carbocycles. The van der Waals surface area contributed by atoms with Gasteiger partial charge in [-0.25, -0.2) is 0 Å². The molecule has 0 spiro atoms. The minimum Gasteiger partial charge on any atom is -0.459 e. The van der Waals surface area contributed by atoms with Gasteiger partial charge < -0.3 is 9.73 Å². The van der Waals surface area contributed by atoms with Crippen LogP contribution >= 0.6 is 11.6 Å². The number of hydrogen-bond acceptors (Lipinski definition) is 3. The summed E-state index contributed by atoms with van der Waals surface area (Å²) in [4.78, 5) is 4.03. The van der Waals surface area contributed by atoms with Gasteiger partial charge >= 0.3 is 0 Å². The number of pyridine rings is 1. The maximum absolute atomic E-state index is 6.26. The van der Waals surface area contributed by atoms with E-state index in [1.807, 2.05) is 30.3 Å². The molecule has 0 aliphatic carbocycles. The lowest BCUT2D eigenvalue weighted by Gasteiger charge is -2.16. The first-order chi connectivity index (χ1) is 9.79. The summed E-state index contributed by atoms with van der Waals surface area (Å²) in [7, 11) is 0. The van der Waals surface area contributed by atoms with Crippen molar-refractivity contribution >= 4 is 22.6 Å². The predicted molar refractivity (Wildman–Crippen MR) is 81.0 cm³/mol. The standard InChI is InChI=1S/C16H15ClN2O/c1-2-19-16(12-7-8-18-10-13(12)17)15-9-11-5-3-4-6-14(11)20-15/h3-10,16,19H,2H2,1H3. The highest BCUT2D eigenvalue weighted by Gasteiger charge is 2.19. The third kappa shape index (κ3) is 2.42. The van der Waals surface area contributed by atoms with Gasteiger partial charge in [0.25, 0.3) is 0 Å². The van der Waals surface area contributed by atoms with Crippen LogP contribution in [0.4, 0.5) is 0 Å². The average Bonchev–Trinajstić information content (AvgIpc) is 2.89. The molecule has 0 aliphatic rings. The van der Waals surface area contributed by atoms with Crippen molar-refractivity contribution < 1.29 is 4.42 Å². The Morgan fingerprint density at radius 1 is 1.30 bits per heavy atom. The first-order valence-corrected chi connectivity index (χ1v) is 6.98. The monoisotopic (exact) mass is 286 g/mol. The van der Waals surface area contributed by atoms with Crippen LogP contribution in [0, 0.1) is 0 Å². The van der Waals surface area contributed by atoms with Gasteiger partial charge in [-0.3, -0.25) is 4.98 Å². The molecule has 1 aromatic carbocycles. The van der Waals surface area contributed by atoms with Gasteiger partial charge in [-0.05, 0) is 30.3 Å². The minimum atomic E-state index is -0.0668. The predicted octanol–water partition coefficient (Wildman–Crippen LogP) is 4.18. The van der Waals surface area contributed by atoms with Crippen molar-refractivity contribution in [2.24, 2.45) is 0 Å². The second kappa shape index (κ2) is 5.65. The van der Waals surface area contributed by atoms with E-state index in [-0.39, 0.29) is 6.04 Å². The smallest absolute Gasteiger partial charge is 0.134 e. The highest BCUT2D eigenvalue weighted by Crippen LogP contribution is 2.31. The molecule has 3 aromatic rings. The molecule has 4 heteroatoms. The summed E-state index contributed by atoms with van der Waals surface area (Å²) in [5.74, 6) is 0.862. The molecule has 0 amide bonds. The molecule has 0 aliphatic heterocycles. The molecule has 2 aromatic heterocycles. The van der Waals surface area contributed by atoms with E-state index in [1.54, 1.807) is 12.4 Å². The number of nitrogens with one attached hydrogen (secondary N) is 1. The second-order valence-corrected chi connectivity index (χ2v) is 4.98. The molecule has 3 nitrogen and oxygen atoms in total. The van der Waals surface area contributed by atoms with Crippen LogP contribution in [0.15, 0.2) is 53.2 Å². The normalized spacial score (nSPS) is 12.7. The average molecular weight is 287 g/mol. The summed E-state index contributed by atoms with van der Waals surface area (Å²) in [6.07, 6.45) is 3.40. The quantitative estimate of drug-likeness (QED) is 0.782. The Hall–Kier alpha value is -1.84. The minimum absolute atomic E-state index is 0.0668. The van der Waals surface area contributed by atoms with Gasteiger partial charge in [0.05, 0.1) is 11.1 Å². The van der Waals surface area contributed by atoms with Gasteiger partial charge in [0.2, 0.25) is 0 Å². The fraction of sp³-hybridized carbons (Fsp3) is 0.188. The summed E-state index contributed by atoms with van der Waals surface area (Å²) >= 11 is 6.26. The van der Waals surface area contributed by atoms with E-state index >= 15 is 0 Å². The lowest BCUT2D eigenvalue weighted by Crippen LogP contribution is -2.21. The van der Waals surface area contributed by atoms with Gasteiger partial charge in [0.1, 0.15) is 11.3 Å². The third-order valence-electron chi connectivity index (χ3n) is 3.25. The van der Waals surface area contributed by atoms with E-state index in [1.165, 1.54) is 0 Å². The number of halogens is 1. The highest BCUT2D eigenvalue weighted by atomic mass is 35.5. The SMILES string of the molecule is CCNC(c1cc2ccccc2o1)c1ccncc1Cl. The van der Waals surface area contributed by atoms with Gasteiger partial charge in [0.15, 0.2) is 0 Å². The van der Waals surface area contributed by atoms with Crippen LogP contribution in [-0.2, 0) is 0 Å². The Morgan fingerprint density at radius 3 is 2.90 bits per heavy atom. The molecule has 1 unspecified atom stereocenters. The molecule has 0 saturated heterocycles. The molecule has 1 atom stereocenters. The zero-order valence-corrected chi connectivity index (χ0v) is 11.9. The summed E-state index contributed by atoms with van der Waals surface area (Å²) in [5.41, 5.74) is 1.86. The van der Waals surface area contributed by atoms with Crippen LogP contribution < -0.4 is 5.32 Å². The molecule has 0 radical (unpaired) electrons. The molecule has 102 valence electrons. The maximum atomic E-state index is 6.26. The van der Waals surface area contributed by atoms with Crippen molar-refractivity contribution in [3.05, 3.63) is 65.1 Å². The third-order valence-corrected chi connectivity index (χ3v) is 3.57. The number of para-hydroxylation sites is 1. The van der Waals surface area contributed by atoms with Crippen molar-refractivity contribution in [1.29, 1.82) is 0 Å². The van der Waals surface area contributed by atoms with Crippen molar-refractivity contribution in [2.45, 2.75) is 13.0 Å². The Kier molecular flexibility index (Phi) is 3.72. The number of hydrogen-bond donors (Lipinski definition) is 1. The van der Waals surface area contributed by atoms with Gasteiger partial charge in [-0.15, -0.1) is 0 Å². The van der Waals surface area contributed by atoms with Crippen LogP contribution in [0.1, 0.15) is 24.3 Å². The summed E-state index contributed by atoms with van der Waals surface area (Å²) in [5, 5.41) is 5.14. The van der Waals surface area contributed by atoms with Crippen LogP contribution in [-0.4, -0.2) is 11.5 Å². The van der Waals surface area contributed by atoms with E-state index in [0.717, 1.165) is 28.8 Å². The van der Waals surface area contributed by atoms with E-state index in [9.17, 15) is 0 Å². The van der Waals surface area contributed by atoms with Gasteiger partial charge in [-0.2, -0.15) is 0 Å². The summed E-state index contributed by atoms with van der Waals surface area (Å²) < 4.78 is 5.95. The Bertz CT molecular complexity index is 690. The van der Waals surface area contributed by atoms with Crippen LogP contribution in [0.25, 0.3) is 11.0 Å². The van der Waals surface area contributed by atoms with Gasteiger partial charge in [-0.1, -0.05) is 36.7 Å². The molecule has 20 heavy (non-hydrogen) atoms. The van der Waals surface area contributed by atoms with Crippen LogP contribution in [0.2, 0.25) is 5.02 Å². The van der Waals surface area contributed by atoms with Crippen molar-refractivity contribution in [3.8, 4) is 0 Å². The zero-order valence-electron chi connectivity index (χ0n) is 11.1. The van der Waals surface area contributed by atoms with Crippen LogP contribution in [0.5, 0.6) is 0 Å². The van der Waals surface area contributed by atoms with E-state index in [0.29, 0.717) is 5.02 Å². The highest BCUT2D eigenvalue weighted by molar-refractivity contribution is 6.31. The number of fused-ring (bicyclic) bond motifs is 1. The molecule has 1 N–H and O–H groups in total. The first kappa shape index (κ1) is 13.2. The summed E-state index contributed by atoms with van der Waals surface area (Å²) in [6, 6.07) is 11.9. The largest absolute Gasteiger partial charge is 0.459 e. The Morgan fingerprint density at radius 2 is 2.15 bits per heavy atom. The van der Waals surface area contributed by atoms with E-state index in [2.05, 4.69) is 23.3 Å². The maximum Gasteiger partial charge on any atom is 0.134 e. The Labute approximate surface area is 122 Å². The van der Waals surface area contributed by atoms with Crippen molar-refractivity contribution in [1.82, 2.24) is 10.3 Å². The van der Waals surface area contributed by atoms with Crippen molar-refractivity contribution in [3.63, 3.8) is 0 Å². The Balaban J connectivity index is 2.08. The first-order valence-electron chi connectivity index (χ1n) is 6.61. The molecule has 2 heterocycles. The second-order valence-electron chi connectivity index (χ2n) is 4.57. The van der Waals surface area contributed by atoms with Gasteiger partial charge in [0, 0.05) is 17.8 Å². The van der Waals surface area contributed by atoms with E-state index in [4.69, 9.17) is 16.0 Å². The number of furan rings is 1. The zero-order chi connectivity index (χ0) is 13.9. The molecule has 3 rings (SSSR count). The molecule has 0 fully saturated rings.